The number of rotatable bonds is 11. The fourth-order valence-electron chi connectivity index (χ4n) is 4.49. The Balaban J connectivity index is 1.53. The normalized spacial score (nSPS) is 18.2. The zero-order valence-electron chi connectivity index (χ0n) is 21.6. The maximum absolute atomic E-state index is 13.9. The number of hydrogen-bond acceptors (Lipinski definition) is 9. The number of ether oxygens (including phenoxy) is 2. The van der Waals surface area contributed by atoms with E-state index in [1.165, 1.54) is 19.2 Å². The minimum atomic E-state index is -0.803. The van der Waals surface area contributed by atoms with Crippen LogP contribution >= 0.6 is 11.6 Å². The van der Waals surface area contributed by atoms with Crippen molar-refractivity contribution >= 4 is 23.4 Å². The Morgan fingerprint density at radius 2 is 2.03 bits per heavy atom. The first-order valence-electron chi connectivity index (χ1n) is 12.6. The van der Waals surface area contributed by atoms with Gasteiger partial charge >= 0.3 is 5.97 Å². The Morgan fingerprint density at radius 3 is 2.72 bits per heavy atom. The highest BCUT2D eigenvalue weighted by Gasteiger charge is 2.34. The fraction of sp³-hybridized carbons (Fsp3) is 0.423. The van der Waals surface area contributed by atoms with Crippen LogP contribution in [0.4, 0.5) is 4.39 Å². The first kappa shape index (κ1) is 28.5. The van der Waals surface area contributed by atoms with Gasteiger partial charge in [0.1, 0.15) is 17.6 Å². The third kappa shape index (κ3) is 7.53. The highest BCUT2D eigenvalue weighted by molar-refractivity contribution is 6.31. The fourth-order valence-corrected chi connectivity index (χ4v) is 4.76. The lowest BCUT2D eigenvalue weighted by Gasteiger charge is -2.36. The Hall–Kier alpha value is -3.54. The molecule has 2 aliphatic heterocycles. The van der Waals surface area contributed by atoms with Crippen molar-refractivity contribution in [3.63, 3.8) is 0 Å². The van der Waals surface area contributed by atoms with E-state index in [-0.39, 0.29) is 5.02 Å². The van der Waals surface area contributed by atoms with Crippen molar-refractivity contribution in [2.24, 2.45) is 10.1 Å². The number of amidine groups is 1. The molecule has 0 aliphatic carbocycles. The topological polar surface area (TPSA) is 128 Å². The maximum Gasteiger partial charge on any atom is 0.338 e. The van der Waals surface area contributed by atoms with E-state index < -0.39 is 17.8 Å². The van der Waals surface area contributed by atoms with Gasteiger partial charge in [0.05, 0.1) is 25.9 Å². The van der Waals surface area contributed by atoms with Crippen LogP contribution in [0.5, 0.6) is 0 Å². The van der Waals surface area contributed by atoms with E-state index in [0.717, 1.165) is 32.7 Å². The molecule has 1 fully saturated rings. The summed E-state index contributed by atoms with van der Waals surface area (Å²) in [6.07, 6.45) is 1.66. The number of aromatic nitrogens is 1. The molecule has 1 aromatic carbocycles. The van der Waals surface area contributed by atoms with Crippen LogP contribution < -0.4 is 5.32 Å². The van der Waals surface area contributed by atoms with Gasteiger partial charge in [-0.15, -0.1) is 0 Å². The number of methoxy groups -OCH3 is 1. The van der Waals surface area contributed by atoms with Gasteiger partial charge in [0.15, 0.2) is 5.84 Å². The summed E-state index contributed by atoms with van der Waals surface area (Å²) in [6, 6.07) is 8.73. The first-order chi connectivity index (χ1) is 19.0. The molecule has 0 spiro atoms. The number of halogens is 2. The van der Waals surface area contributed by atoms with Crippen molar-refractivity contribution in [2.45, 2.75) is 6.04 Å². The molecule has 0 bridgehead atoms. The number of nitrogens with zero attached hydrogens (tertiary/aromatic N) is 7. The van der Waals surface area contributed by atoms with Crippen LogP contribution in [0.25, 0.3) is 10.4 Å². The Bertz CT molecular complexity index is 1260. The molecule has 11 nitrogen and oxygen atoms in total. The standard InChI is InChI=1S/C26H30ClFN8O3/c1-38-26(37)23-22(17-36-11-9-35(10-12-36)13-15-39-14-8-31-34-29)32-25(21-4-2-3-7-30-21)33-24(23)19-6-5-18(28)16-20(19)27/h2-7,16,24H,8-15,17H2,1H3,(H,32,33). The van der Waals surface area contributed by atoms with Crippen LogP contribution in [0.1, 0.15) is 17.3 Å². The second-order valence-electron chi connectivity index (χ2n) is 8.95. The summed E-state index contributed by atoms with van der Waals surface area (Å²) in [4.78, 5) is 29.6. The number of pyridine rings is 1. The third-order valence-electron chi connectivity index (χ3n) is 6.49. The van der Waals surface area contributed by atoms with E-state index >= 15 is 0 Å². The average Bonchev–Trinajstić information content (AvgIpc) is 2.95. The molecule has 1 atom stereocenters. The van der Waals surface area contributed by atoms with Gasteiger partial charge in [0.25, 0.3) is 0 Å². The molecule has 1 unspecified atom stereocenters. The number of piperazine rings is 1. The van der Waals surface area contributed by atoms with Gasteiger partial charge in [0, 0.05) is 73.2 Å². The lowest BCUT2D eigenvalue weighted by Crippen LogP contribution is -2.49. The number of hydrogen-bond donors (Lipinski definition) is 1. The molecule has 2 aromatic rings. The van der Waals surface area contributed by atoms with Crippen molar-refractivity contribution in [1.82, 2.24) is 20.1 Å². The van der Waals surface area contributed by atoms with Gasteiger partial charge in [-0.3, -0.25) is 19.8 Å². The van der Waals surface area contributed by atoms with E-state index in [1.807, 2.05) is 18.2 Å². The summed E-state index contributed by atoms with van der Waals surface area (Å²) in [5.74, 6) is -0.530. The SMILES string of the molecule is COC(=O)C1=C(CN2CCN(CCOCCN=[N+]=[N-])CC2)NC(c2ccccn2)=NC1c1ccc(F)cc1Cl. The second-order valence-corrected chi connectivity index (χ2v) is 9.36. The van der Waals surface area contributed by atoms with Gasteiger partial charge in [0.2, 0.25) is 0 Å². The summed E-state index contributed by atoms with van der Waals surface area (Å²) in [6.45, 7) is 5.71. The number of aliphatic imine (C=N–C) groups is 1. The molecular weight excluding hydrogens is 527 g/mol. The number of nitrogens with one attached hydrogen (secondary N) is 1. The summed E-state index contributed by atoms with van der Waals surface area (Å²) >= 11 is 6.44. The van der Waals surface area contributed by atoms with Crippen molar-refractivity contribution < 1.29 is 18.7 Å². The second kappa shape index (κ2) is 14.0. The summed E-state index contributed by atoms with van der Waals surface area (Å²) in [5, 5.41) is 6.95. The van der Waals surface area contributed by atoms with Crippen molar-refractivity contribution in [2.75, 3.05) is 66.1 Å². The number of benzene rings is 1. The van der Waals surface area contributed by atoms with E-state index in [2.05, 4.69) is 30.1 Å². The molecule has 3 heterocycles. The van der Waals surface area contributed by atoms with Crippen molar-refractivity contribution in [3.05, 3.63) is 86.4 Å². The molecule has 2 aliphatic rings. The molecule has 206 valence electrons. The molecule has 0 amide bonds. The van der Waals surface area contributed by atoms with Crippen molar-refractivity contribution in [3.8, 4) is 0 Å². The summed E-state index contributed by atoms with van der Waals surface area (Å²) in [5.41, 5.74) is 10.4. The number of carbonyl (C=O) groups is 1. The van der Waals surface area contributed by atoms with E-state index in [0.29, 0.717) is 54.7 Å². The van der Waals surface area contributed by atoms with Crippen LogP contribution in [0.15, 0.2) is 64.0 Å². The smallest absolute Gasteiger partial charge is 0.338 e. The first-order valence-corrected chi connectivity index (χ1v) is 12.9. The molecule has 1 N–H and O–H groups in total. The summed E-state index contributed by atoms with van der Waals surface area (Å²) in [7, 11) is 1.32. The van der Waals surface area contributed by atoms with Crippen LogP contribution in [0, 0.1) is 5.82 Å². The van der Waals surface area contributed by atoms with Crippen LogP contribution in [-0.4, -0.2) is 92.7 Å². The van der Waals surface area contributed by atoms with Crippen LogP contribution in [-0.2, 0) is 14.3 Å². The number of azide groups is 1. The van der Waals surface area contributed by atoms with Gasteiger partial charge in [-0.1, -0.05) is 28.8 Å². The Kier molecular flexibility index (Phi) is 10.2. The molecule has 4 rings (SSSR count). The zero-order valence-corrected chi connectivity index (χ0v) is 22.3. The molecule has 0 saturated carbocycles. The minimum Gasteiger partial charge on any atom is -0.466 e. The molecular formula is C26H30ClFN8O3. The molecule has 1 aromatic heterocycles. The van der Waals surface area contributed by atoms with Crippen LogP contribution in [0.3, 0.4) is 0 Å². The third-order valence-corrected chi connectivity index (χ3v) is 6.82. The number of carbonyl (C=O) groups excluding carboxylic acids is 1. The van der Waals surface area contributed by atoms with Crippen molar-refractivity contribution in [1.29, 1.82) is 0 Å². The zero-order chi connectivity index (χ0) is 27.6. The van der Waals surface area contributed by atoms with Gasteiger partial charge < -0.3 is 14.8 Å². The maximum atomic E-state index is 13.9. The Morgan fingerprint density at radius 1 is 1.23 bits per heavy atom. The summed E-state index contributed by atoms with van der Waals surface area (Å²) < 4.78 is 24.5. The van der Waals surface area contributed by atoms with E-state index in [9.17, 15) is 9.18 Å². The molecule has 39 heavy (non-hydrogen) atoms. The largest absolute Gasteiger partial charge is 0.466 e. The average molecular weight is 557 g/mol. The van der Waals surface area contributed by atoms with Crippen LogP contribution in [0.2, 0.25) is 5.02 Å². The van der Waals surface area contributed by atoms with E-state index in [1.54, 1.807) is 12.3 Å². The molecule has 1 saturated heterocycles. The Labute approximate surface area is 230 Å². The monoisotopic (exact) mass is 556 g/mol. The lowest BCUT2D eigenvalue weighted by atomic mass is 9.94. The lowest BCUT2D eigenvalue weighted by molar-refractivity contribution is -0.136. The highest BCUT2D eigenvalue weighted by atomic mass is 35.5. The van der Waals surface area contributed by atoms with Gasteiger partial charge in [-0.2, -0.15) is 0 Å². The minimum absolute atomic E-state index is 0.169. The predicted molar refractivity (Wildman–Crippen MR) is 145 cm³/mol. The quantitative estimate of drug-likeness (QED) is 0.148. The van der Waals surface area contributed by atoms with Gasteiger partial charge in [-0.25, -0.2) is 9.18 Å². The van der Waals surface area contributed by atoms with Gasteiger partial charge in [-0.05, 0) is 29.8 Å². The predicted octanol–water partition coefficient (Wildman–Crippen LogP) is 3.34. The molecule has 0 radical (unpaired) electrons. The van der Waals surface area contributed by atoms with E-state index in [4.69, 9.17) is 31.6 Å². The number of esters is 1. The molecule has 13 heteroatoms. The highest BCUT2D eigenvalue weighted by Crippen LogP contribution is 2.36.